The zero-order chi connectivity index (χ0) is 10.2. The molecule has 3 atom stereocenters. The quantitative estimate of drug-likeness (QED) is 0.777. The van der Waals surface area contributed by atoms with Gasteiger partial charge in [0, 0.05) is 17.8 Å². The third kappa shape index (κ3) is 2.25. The predicted molar refractivity (Wildman–Crippen MR) is 63.9 cm³/mol. The van der Waals surface area contributed by atoms with E-state index in [0.29, 0.717) is 5.54 Å². The number of aliphatic imine (C=N–C) groups is 1. The van der Waals surface area contributed by atoms with Crippen LogP contribution in [0.1, 0.15) is 33.6 Å². The van der Waals surface area contributed by atoms with Gasteiger partial charge in [0.2, 0.25) is 0 Å². The topological polar surface area (TPSA) is 24.4 Å². The molecular weight excluding hydrogens is 192 g/mol. The van der Waals surface area contributed by atoms with Crippen molar-refractivity contribution in [3.05, 3.63) is 0 Å². The highest BCUT2D eigenvalue weighted by Gasteiger charge is 2.34. The average Bonchev–Trinajstić information content (AvgIpc) is 2.73. The number of rotatable bonds is 3. The molecule has 0 aromatic heterocycles. The highest BCUT2D eigenvalue weighted by Crippen LogP contribution is 2.38. The Morgan fingerprint density at radius 1 is 1.64 bits per heavy atom. The lowest BCUT2D eigenvalue weighted by atomic mass is 10.0. The first-order chi connectivity index (χ1) is 6.63. The van der Waals surface area contributed by atoms with E-state index in [0.717, 1.165) is 18.4 Å². The molecule has 1 saturated carbocycles. The molecule has 3 heteroatoms. The van der Waals surface area contributed by atoms with Crippen molar-refractivity contribution < 1.29 is 0 Å². The Morgan fingerprint density at radius 2 is 2.36 bits per heavy atom. The Balaban J connectivity index is 1.82. The maximum atomic E-state index is 4.65. The fourth-order valence-corrected chi connectivity index (χ4v) is 2.90. The first kappa shape index (κ1) is 10.3. The van der Waals surface area contributed by atoms with Gasteiger partial charge in [-0.25, -0.2) is 0 Å². The summed E-state index contributed by atoms with van der Waals surface area (Å²) in [7, 11) is 0. The normalized spacial score (nSPS) is 44.1. The van der Waals surface area contributed by atoms with Crippen LogP contribution in [0.5, 0.6) is 0 Å². The Hall–Kier alpha value is -0.180. The largest absolute Gasteiger partial charge is 0.359 e. The molecule has 1 aliphatic carbocycles. The van der Waals surface area contributed by atoms with E-state index in [9.17, 15) is 0 Å². The first-order valence-electron chi connectivity index (χ1n) is 5.58. The maximum absolute atomic E-state index is 4.65. The minimum Gasteiger partial charge on any atom is -0.359 e. The second-order valence-corrected chi connectivity index (χ2v) is 5.91. The molecule has 0 radical (unpaired) electrons. The third-order valence-electron chi connectivity index (χ3n) is 3.46. The Bertz CT molecular complexity index is 252. The zero-order valence-electron chi connectivity index (χ0n) is 9.34. The van der Waals surface area contributed by atoms with Crippen molar-refractivity contribution in [2.75, 3.05) is 12.3 Å². The van der Waals surface area contributed by atoms with Gasteiger partial charge in [0.25, 0.3) is 0 Å². The third-order valence-corrected chi connectivity index (χ3v) is 4.75. The summed E-state index contributed by atoms with van der Waals surface area (Å²) >= 11 is 1.88. The predicted octanol–water partition coefficient (Wildman–Crippen LogP) is 2.50. The van der Waals surface area contributed by atoms with Crippen molar-refractivity contribution in [3.8, 4) is 0 Å². The summed E-state index contributed by atoms with van der Waals surface area (Å²) in [6.07, 6.45) is 2.56. The first-order valence-corrected chi connectivity index (χ1v) is 6.57. The van der Waals surface area contributed by atoms with Gasteiger partial charge in [-0.1, -0.05) is 25.6 Å². The lowest BCUT2D eigenvalue weighted by molar-refractivity contribution is 0.466. The van der Waals surface area contributed by atoms with Crippen LogP contribution in [0.25, 0.3) is 0 Å². The zero-order valence-corrected chi connectivity index (χ0v) is 10.2. The lowest BCUT2D eigenvalue weighted by Crippen LogP contribution is -2.39. The van der Waals surface area contributed by atoms with Crippen LogP contribution in [0.2, 0.25) is 0 Å². The number of hydrogen-bond acceptors (Lipinski definition) is 2. The standard InChI is InChI=1S/C11H20N2S/c1-4-11(3)7-14-10(13-11)12-6-9-5-8(9)2/h8-9H,4-7H2,1-3H3,(H,12,13). The number of nitrogens with zero attached hydrogens (tertiary/aromatic N) is 1. The fraction of sp³-hybridized carbons (Fsp3) is 0.909. The Labute approximate surface area is 90.9 Å². The Morgan fingerprint density at radius 3 is 2.86 bits per heavy atom. The van der Waals surface area contributed by atoms with E-state index >= 15 is 0 Å². The van der Waals surface area contributed by atoms with Crippen LogP contribution in [0, 0.1) is 11.8 Å². The fourth-order valence-electron chi connectivity index (χ4n) is 1.69. The lowest BCUT2D eigenvalue weighted by Gasteiger charge is -2.20. The van der Waals surface area contributed by atoms with Crippen LogP contribution in [-0.2, 0) is 0 Å². The van der Waals surface area contributed by atoms with E-state index in [-0.39, 0.29) is 0 Å². The average molecular weight is 212 g/mol. The second kappa shape index (κ2) is 3.76. The van der Waals surface area contributed by atoms with Gasteiger partial charge in [0.05, 0.1) is 0 Å². The second-order valence-electron chi connectivity index (χ2n) is 4.95. The van der Waals surface area contributed by atoms with Crippen molar-refractivity contribution >= 4 is 16.9 Å². The smallest absolute Gasteiger partial charge is 0.157 e. The minimum atomic E-state index is 0.290. The molecule has 1 aliphatic heterocycles. The number of thioether (sulfide) groups is 1. The van der Waals surface area contributed by atoms with Gasteiger partial charge in [-0.2, -0.15) is 0 Å². The maximum Gasteiger partial charge on any atom is 0.157 e. The van der Waals surface area contributed by atoms with Crippen LogP contribution in [-0.4, -0.2) is 23.0 Å². The van der Waals surface area contributed by atoms with E-state index in [1.54, 1.807) is 0 Å². The summed E-state index contributed by atoms with van der Waals surface area (Å²) in [4.78, 5) is 4.65. The molecule has 0 spiro atoms. The summed E-state index contributed by atoms with van der Waals surface area (Å²) < 4.78 is 0. The SMILES string of the molecule is CCC1(C)CSC(=NCC2CC2C)N1. The molecule has 3 unspecified atom stereocenters. The molecule has 1 saturated heterocycles. The summed E-state index contributed by atoms with van der Waals surface area (Å²) in [5.41, 5.74) is 0.290. The molecule has 0 aromatic rings. The van der Waals surface area contributed by atoms with Crippen LogP contribution < -0.4 is 5.32 Å². The van der Waals surface area contributed by atoms with Gasteiger partial charge < -0.3 is 5.32 Å². The van der Waals surface area contributed by atoms with E-state index in [4.69, 9.17) is 0 Å². The van der Waals surface area contributed by atoms with Crippen molar-refractivity contribution in [2.24, 2.45) is 16.8 Å². The molecule has 14 heavy (non-hydrogen) atoms. The van der Waals surface area contributed by atoms with E-state index in [2.05, 4.69) is 31.1 Å². The molecule has 0 aromatic carbocycles. The molecule has 1 N–H and O–H groups in total. The van der Waals surface area contributed by atoms with Crippen molar-refractivity contribution in [1.82, 2.24) is 5.32 Å². The van der Waals surface area contributed by atoms with Crippen LogP contribution >= 0.6 is 11.8 Å². The molecule has 2 fully saturated rings. The Kier molecular flexibility index (Phi) is 2.78. The summed E-state index contributed by atoms with van der Waals surface area (Å²) in [6.45, 7) is 7.87. The highest BCUT2D eigenvalue weighted by molar-refractivity contribution is 8.14. The molecule has 0 bridgehead atoms. The minimum absolute atomic E-state index is 0.290. The summed E-state index contributed by atoms with van der Waals surface area (Å²) in [6, 6.07) is 0. The van der Waals surface area contributed by atoms with Crippen LogP contribution in [0.3, 0.4) is 0 Å². The molecule has 2 nitrogen and oxygen atoms in total. The van der Waals surface area contributed by atoms with Gasteiger partial charge in [0.1, 0.15) is 0 Å². The number of nitrogens with one attached hydrogen (secondary N) is 1. The molecule has 0 amide bonds. The molecule has 2 rings (SSSR count). The molecular formula is C11H20N2S. The number of hydrogen-bond donors (Lipinski definition) is 1. The van der Waals surface area contributed by atoms with Crippen molar-refractivity contribution in [3.63, 3.8) is 0 Å². The van der Waals surface area contributed by atoms with Gasteiger partial charge in [-0.3, -0.25) is 4.99 Å². The van der Waals surface area contributed by atoms with E-state index < -0.39 is 0 Å². The van der Waals surface area contributed by atoms with Gasteiger partial charge >= 0.3 is 0 Å². The van der Waals surface area contributed by atoms with E-state index in [1.807, 2.05) is 11.8 Å². The van der Waals surface area contributed by atoms with Crippen molar-refractivity contribution in [1.29, 1.82) is 0 Å². The summed E-state index contributed by atoms with van der Waals surface area (Å²) in [5.74, 6) is 2.96. The molecule has 2 aliphatic rings. The van der Waals surface area contributed by atoms with Gasteiger partial charge in [0.15, 0.2) is 5.17 Å². The summed E-state index contributed by atoms with van der Waals surface area (Å²) in [5, 5.41) is 4.70. The van der Waals surface area contributed by atoms with Crippen LogP contribution in [0.15, 0.2) is 4.99 Å². The monoisotopic (exact) mass is 212 g/mol. The van der Waals surface area contributed by atoms with Crippen molar-refractivity contribution in [2.45, 2.75) is 39.2 Å². The molecule has 80 valence electrons. The number of amidine groups is 1. The van der Waals surface area contributed by atoms with Crippen LogP contribution in [0.4, 0.5) is 0 Å². The highest BCUT2D eigenvalue weighted by atomic mass is 32.2. The van der Waals surface area contributed by atoms with Gasteiger partial charge in [-0.15, -0.1) is 0 Å². The molecule has 1 heterocycles. The van der Waals surface area contributed by atoms with Gasteiger partial charge in [-0.05, 0) is 31.6 Å². The van der Waals surface area contributed by atoms with E-state index in [1.165, 1.54) is 23.8 Å².